The van der Waals surface area contributed by atoms with Crippen molar-refractivity contribution in [3.8, 4) is 0 Å². The number of nitro groups is 1. The number of nitrogens with one attached hydrogen (secondary N) is 1. The molecule has 0 spiro atoms. The Morgan fingerprint density at radius 2 is 2.20 bits per heavy atom. The Morgan fingerprint density at radius 3 is 2.97 bits per heavy atom. The van der Waals surface area contributed by atoms with E-state index in [4.69, 9.17) is 0 Å². The molecule has 9 nitrogen and oxygen atoms in total. The van der Waals surface area contributed by atoms with E-state index in [0.29, 0.717) is 10.7 Å². The Balaban J connectivity index is 1.48. The molecule has 2 aromatic heterocycles. The van der Waals surface area contributed by atoms with Crippen molar-refractivity contribution in [1.82, 2.24) is 25.1 Å². The average molecular weight is 445 g/mol. The van der Waals surface area contributed by atoms with Gasteiger partial charge < -0.3 is 9.88 Å². The number of aryl methyl sites for hydroxylation is 2. The minimum Gasteiger partial charge on any atom is -0.345 e. The van der Waals surface area contributed by atoms with Crippen LogP contribution in [0.25, 0.3) is 0 Å². The summed E-state index contributed by atoms with van der Waals surface area (Å²) >= 11 is 2.65. The summed E-state index contributed by atoms with van der Waals surface area (Å²) in [7, 11) is 0. The minimum absolute atomic E-state index is 0.114. The number of aromatic nitrogens is 4. The van der Waals surface area contributed by atoms with E-state index in [1.807, 2.05) is 12.3 Å². The number of amides is 1. The quantitative estimate of drug-likeness (QED) is 0.454. The topological polar surface area (TPSA) is 116 Å². The van der Waals surface area contributed by atoms with Crippen LogP contribution in [0.5, 0.6) is 0 Å². The van der Waals surface area contributed by atoms with E-state index in [1.54, 1.807) is 12.1 Å². The third-order valence-corrected chi connectivity index (χ3v) is 6.93. The van der Waals surface area contributed by atoms with E-state index >= 15 is 0 Å². The van der Waals surface area contributed by atoms with Crippen LogP contribution >= 0.6 is 23.1 Å². The van der Waals surface area contributed by atoms with E-state index in [1.165, 1.54) is 29.2 Å². The normalized spacial score (nSPS) is 13.5. The third-order valence-electron chi connectivity index (χ3n) is 4.81. The first kappa shape index (κ1) is 20.5. The summed E-state index contributed by atoms with van der Waals surface area (Å²) in [5.74, 6) is 1.28. The molecule has 1 aliphatic rings. The van der Waals surface area contributed by atoms with E-state index in [2.05, 4.69) is 25.1 Å². The predicted octanol–water partition coefficient (Wildman–Crippen LogP) is 3.76. The molecule has 0 unspecified atom stereocenters. The summed E-state index contributed by atoms with van der Waals surface area (Å²) in [5, 5.41) is 24.7. The van der Waals surface area contributed by atoms with Crippen LogP contribution in [0.4, 0.5) is 5.69 Å². The molecule has 0 radical (unpaired) electrons. The molecule has 3 aromatic rings. The van der Waals surface area contributed by atoms with Crippen LogP contribution in [0.1, 0.15) is 47.0 Å². The lowest BCUT2D eigenvalue weighted by Gasteiger charge is -2.09. The Labute approximate surface area is 181 Å². The largest absolute Gasteiger partial charge is 0.345 e. The fraction of sp³-hybridized carbons (Fsp3) is 0.368. The Morgan fingerprint density at radius 1 is 1.33 bits per heavy atom. The van der Waals surface area contributed by atoms with Crippen molar-refractivity contribution in [2.75, 3.05) is 0 Å². The second kappa shape index (κ2) is 8.92. The molecule has 1 aromatic carbocycles. The van der Waals surface area contributed by atoms with Gasteiger partial charge in [-0.3, -0.25) is 14.9 Å². The molecular formula is C19H20N6O3S2. The molecule has 0 aliphatic carbocycles. The maximum absolute atomic E-state index is 12.6. The number of hydrogen-bond donors (Lipinski definition) is 1. The molecule has 1 aliphatic heterocycles. The first-order valence-electron chi connectivity index (χ1n) is 9.59. The highest BCUT2D eigenvalue weighted by atomic mass is 32.2. The van der Waals surface area contributed by atoms with Crippen LogP contribution in [0.3, 0.4) is 0 Å². The number of carbonyl (C=O) groups is 1. The molecule has 0 bridgehead atoms. The van der Waals surface area contributed by atoms with Gasteiger partial charge in [-0.15, -0.1) is 21.5 Å². The predicted molar refractivity (Wildman–Crippen MR) is 113 cm³/mol. The van der Waals surface area contributed by atoms with Crippen LogP contribution in [0.2, 0.25) is 0 Å². The van der Waals surface area contributed by atoms with Crippen molar-refractivity contribution in [3.63, 3.8) is 0 Å². The monoisotopic (exact) mass is 444 g/mol. The highest BCUT2D eigenvalue weighted by Crippen LogP contribution is 2.36. The summed E-state index contributed by atoms with van der Waals surface area (Å²) in [5.41, 5.74) is 0.987. The van der Waals surface area contributed by atoms with Crippen molar-refractivity contribution in [2.24, 2.45) is 0 Å². The lowest BCUT2D eigenvalue weighted by atomic mass is 10.2. The summed E-state index contributed by atoms with van der Waals surface area (Å²) in [4.78, 5) is 28.5. The van der Waals surface area contributed by atoms with Crippen LogP contribution in [-0.4, -0.2) is 30.6 Å². The van der Waals surface area contributed by atoms with Gasteiger partial charge in [-0.2, -0.15) is 0 Å². The SMILES string of the molecule is Cc1csc(Sc2ccc(C(=O)NCc3nnc4n3CCCCC4)cc2[N+](=O)[O-])n1. The molecule has 156 valence electrons. The molecule has 0 saturated heterocycles. The number of fused-ring (bicyclic) bond motifs is 1. The van der Waals surface area contributed by atoms with Crippen LogP contribution in [0.15, 0.2) is 32.8 Å². The number of nitro benzene ring substituents is 1. The summed E-state index contributed by atoms with van der Waals surface area (Å²) in [6, 6.07) is 4.50. The molecule has 1 amide bonds. The second-order valence-corrected chi connectivity index (χ2v) is 9.12. The van der Waals surface area contributed by atoms with Crippen molar-refractivity contribution in [2.45, 2.75) is 54.9 Å². The smallest absolute Gasteiger partial charge is 0.284 e. The van der Waals surface area contributed by atoms with E-state index in [-0.39, 0.29) is 23.7 Å². The first-order chi connectivity index (χ1) is 14.5. The van der Waals surface area contributed by atoms with Gasteiger partial charge in [0.15, 0.2) is 10.2 Å². The molecule has 1 N–H and O–H groups in total. The fourth-order valence-electron chi connectivity index (χ4n) is 3.30. The molecule has 3 heterocycles. The molecule has 0 atom stereocenters. The van der Waals surface area contributed by atoms with Crippen molar-refractivity contribution >= 4 is 34.7 Å². The van der Waals surface area contributed by atoms with Crippen LogP contribution in [0, 0.1) is 17.0 Å². The van der Waals surface area contributed by atoms with Crippen molar-refractivity contribution < 1.29 is 9.72 Å². The van der Waals surface area contributed by atoms with Gasteiger partial charge in [0.2, 0.25) is 0 Å². The fourth-order valence-corrected chi connectivity index (χ4v) is 5.18. The average Bonchev–Trinajstić information content (AvgIpc) is 3.23. The Hall–Kier alpha value is -2.79. The lowest BCUT2D eigenvalue weighted by molar-refractivity contribution is -0.387. The highest BCUT2D eigenvalue weighted by Gasteiger charge is 2.20. The van der Waals surface area contributed by atoms with Gasteiger partial charge in [0, 0.05) is 35.7 Å². The molecule has 11 heteroatoms. The van der Waals surface area contributed by atoms with Gasteiger partial charge >= 0.3 is 0 Å². The number of rotatable bonds is 6. The maximum Gasteiger partial charge on any atom is 0.284 e. The lowest BCUT2D eigenvalue weighted by Crippen LogP contribution is -2.25. The molecule has 30 heavy (non-hydrogen) atoms. The Bertz CT molecular complexity index is 1090. The minimum atomic E-state index is -0.474. The van der Waals surface area contributed by atoms with Gasteiger partial charge in [-0.05, 0) is 31.9 Å². The zero-order chi connectivity index (χ0) is 21.1. The number of thiazole rings is 1. The summed E-state index contributed by atoms with van der Waals surface area (Å²) in [6.07, 6.45) is 4.21. The Kier molecular flexibility index (Phi) is 6.09. The summed E-state index contributed by atoms with van der Waals surface area (Å²) < 4.78 is 2.78. The van der Waals surface area contributed by atoms with Crippen molar-refractivity contribution in [3.05, 3.63) is 56.6 Å². The standard InChI is InChI=1S/C19H20N6O3S2/c1-12-11-29-19(21-12)30-15-7-6-13(9-14(15)25(27)28)18(26)20-10-17-23-22-16-5-3-2-4-8-24(16)17/h6-7,9,11H,2-5,8,10H2,1H3,(H,20,26). The van der Waals surface area contributed by atoms with Gasteiger partial charge in [-0.1, -0.05) is 18.2 Å². The number of nitrogens with zero attached hydrogens (tertiary/aromatic N) is 5. The van der Waals surface area contributed by atoms with Gasteiger partial charge in [-0.25, -0.2) is 4.98 Å². The molecular weight excluding hydrogens is 424 g/mol. The van der Waals surface area contributed by atoms with Gasteiger partial charge in [0.05, 0.1) is 16.4 Å². The number of hydrogen-bond acceptors (Lipinski definition) is 8. The second-order valence-electron chi connectivity index (χ2n) is 6.97. The van der Waals surface area contributed by atoms with Crippen LogP contribution < -0.4 is 5.32 Å². The van der Waals surface area contributed by atoms with E-state index in [9.17, 15) is 14.9 Å². The zero-order valence-electron chi connectivity index (χ0n) is 16.3. The van der Waals surface area contributed by atoms with Crippen molar-refractivity contribution in [1.29, 1.82) is 0 Å². The summed E-state index contributed by atoms with van der Waals surface area (Å²) in [6.45, 7) is 2.95. The van der Waals surface area contributed by atoms with E-state index < -0.39 is 4.92 Å². The highest BCUT2D eigenvalue weighted by molar-refractivity contribution is 8.01. The van der Waals surface area contributed by atoms with E-state index in [0.717, 1.165) is 48.1 Å². The van der Waals surface area contributed by atoms with Crippen LogP contribution in [-0.2, 0) is 19.5 Å². The molecule has 0 saturated carbocycles. The number of carbonyl (C=O) groups excluding carboxylic acids is 1. The number of benzene rings is 1. The maximum atomic E-state index is 12.6. The van der Waals surface area contributed by atoms with Gasteiger partial charge in [0.25, 0.3) is 11.6 Å². The zero-order valence-corrected chi connectivity index (χ0v) is 18.0. The van der Waals surface area contributed by atoms with Gasteiger partial charge in [0.1, 0.15) is 5.82 Å². The first-order valence-corrected chi connectivity index (χ1v) is 11.3. The molecule has 4 rings (SSSR count). The third kappa shape index (κ3) is 4.51. The molecule has 0 fully saturated rings.